The van der Waals surface area contributed by atoms with Crippen molar-refractivity contribution in [3.8, 4) is 0 Å². The van der Waals surface area contributed by atoms with Gasteiger partial charge >= 0.3 is 0 Å². The minimum Gasteiger partial charge on any atom is -0.304 e. The summed E-state index contributed by atoms with van der Waals surface area (Å²) >= 11 is 0. The summed E-state index contributed by atoms with van der Waals surface area (Å²) in [6.07, 6.45) is 1.37. The summed E-state index contributed by atoms with van der Waals surface area (Å²) in [6, 6.07) is 24.1. The molecule has 1 amide bonds. The molecule has 0 saturated heterocycles. The largest absolute Gasteiger partial charge is 0.304 e. The molecule has 22 heavy (non-hydrogen) atoms. The van der Waals surface area contributed by atoms with Crippen LogP contribution in [0.15, 0.2) is 85.5 Å². The highest BCUT2D eigenvalue weighted by Crippen LogP contribution is 2.28. The van der Waals surface area contributed by atoms with Gasteiger partial charge in [-0.1, -0.05) is 73.3 Å². The minimum atomic E-state index is -0.0970. The van der Waals surface area contributed by atoms with Crippen molar-refractivity contribution in [3.05, 3.63) is 91.0 Å². The van der Waals surface area contributed by atoms with Crippen LogP contribution in [0, 0.1) is 0 Å². The van der Waals surface area contributed by atoms with Crippen molar-refractivity contribution in [2.24, 2.45) is 0 Å². The highest BCUT2D eigenvalue weighted by Gasteiger charge is 2.15. The molecule has 0 saturated carbocycles. The summed E-state index contributed by atoms with van der Waals surface area (Å²) in [5.41, 5.74) is 2.00. The van der Waals surface area contributed by atoms with Crippen molar-refractivity contribution in [1.29, 1.82) is 0 Å². The average Bonchev–Trinajstić information content (AvgIpc) is 2.59. The van der Waals surface area contributed by atoms with Crippen molar-refractivity contribution in [3.63, 3.8) is 0 Å². The van der Waals surface area contributed by atoms with E-state index < -0.39 is 0 Å². The van der Waals surface area contributed by atoms with E-state index in [1.807, 2.05) is 60.7 Å². The summed E-state index contributed by atoms with van der Waals surface area (Å²) in [7, 11) is 0. The molecule has 0 heterocycles. The second-order valence-electron chi connectivity index (χ2n) is 5.11. The number of rotatable bonds is 4. The third kappa shape index (κ3) is 2.77. The van der Waals surface area contributed by atoms with Crippen LogP contribution >= 0.6 is 0 Å². The number of nitrogens with zero attached hydrogens (tertiary/aromatic N) is 1. The van der Waals surface area contributed by atoms with E-state index >= 15 is 0 Å². The van der Waals surface area contributed by atoms with Gasteiger partial charge in [0.1, 0.15) is 0 Å². The molecule has 0 aromatic heterocycles. The SMILES string of the molecule is C=CC(=O)N(Cc1ccccc1)c1cccc2ccccc12. The maximum atomic E-state index is 12.4. The Labute approximate surface area is 130 Å². The molecule has 2 nitrogen and oxygen atoms in total. The van der Waals surface area contributed by atoms with E-state index in [2.05, 4.69) is 18.7 Å². The topological polar surface area (TPSA) is 20.3 Å². The van der Waals surface area contributed by atoms with Crippen LogP contribution < -0.4 is 4.90 Å². The highest BCUT2D eigenvalue weighted by atomic mass is 16.2. The second-order valence-corrected chi connectivity index (χ2v) is 5.11. The molecule has 0 radical (unpaired) electrons. The number of hydrogen-bond acceptors (Lipinski definition) is 1. The van der Waals surface area contributed by atoms with E-state index in [0.29, 0.717) is 6.54 Å². The van der Waals surface area contributed by atoms with Gasteiger partial charge in [-0.3, -0.25) is 4.79 Å². The van der Waals surface area contributed by atoms with Gasteiger partial charge in [-0.15, -0.1) is 0 Å². The predicted molar refractivity (Wildman–Crippen MR) is 91.8 cm³/mol. The van der Waals surface area contributed by atoms with Crippen molar-refractivity contribution >= 4 is 22.4 Å². The highest BCUT2D eigenvalue weighted by molar-refractivity contribution is 6.07. The molecule has 3 rings (SSSR count). The van der Waals surface area contributed by atoms with Crippen LogP contribution in [0.3, 0.4) is 0 Å². The fraction of sp³-hybridized carbons (Fsp3) is 0.0500. The number of fused-ring (bicyclic) bond motifs is 1. The summed E-state index contributed by atoms with van der Waals surface area (Å²) in [5, 5.41) is 2.19. The first-order valence-corrected chi connectivity index (χ1v) is 7.25. The average molecular weight is 287 g/mol. The molecule has 0 spiro atoms. The Balaban J connectivity index is 2.08. The molecule has 3 aromatic rings. The van der Waals surface area contributed by atoms with Crippen LogP contribution in [-0.4, -0.2) is 5.91 Å². The van der Waals surface area contributed by atoms with Gasteiger partial charge < -0.3 is 4.90 Å². The molecule has 0 fully saturated rings. The minimum absolute atomic E-state index is 0.0970. The first kappa shape index (κ1) is 14.1. The first-order valence-electron chi connectivity index (χ1n) is 7.25. The van der Waals surface area contributed by atoms with Gasteiger partial charge in [0, 0.05) is 5.39 Å². The van der Waals surface area contributed by atoms with E-state index in [9.17, 15) is 4.79 Å². The first-order chi connectivity index (χ1) is 10.8. The number of hydrogen-bond donors (Lipinski definition) is 0. The van der Waals surface area contributed by atoms with E-state index in [4.69, 9.17) is 0 Å². The standard InChI is InChI=1S/C20H17NO/c1-2-20(22)21(15-16-9-4-3-5-10-16)19-14-8-12-17-11-6-7-13-18(17)19/h2-14H,1,15H2. The molecule has 0 atom stereocenters. The van der Waals surface area contributed by atoms with Crippen LogP contribution in [0.1, 0.15) is 5.56 Å². The van der Waals surface area contributed by atoms with Crippen LogP contribution in [0.5, 0.6) is 0 Å². The summed E-state index contributed by atoms with van der Waals surface area (Å²) in [5.74, 6) is -0.0970. The number of amides is 1. The summed E-state index contributed by atoms with van der Waals surface area (Å²) in [6.45, 7) is 4.16. The van der Waals surface area contributed by atoms with E-state index in [1.54, 1.807) is 4.90 Å². The van der Waals surface area contributed by atoms with E-state index in [0.717, 1.165) is 22.0 Å². The van der Waals surface area contributed by atoms with Crippen molar-refractivity contribution in [2.45, 2.75) is 6.54 Å². The second kappa shape index (κ2) is 6.27. The Morgan fingerprint density at radius 2 is 1.59 bits per heavy atom. The van der Waals surface area contributed by atoms with Gasteiger partial charge in [0.2, 0.25) is 0 Å². The zero-order chi connectivity index (χ0) is 15.4. The lowest BCUT2D eigenvalue weighted by atomic mass is 10.1. The molecule has 2 heteroatoms. The molecule has 3 aromatic carbocycles. The van der Waals surface area contributed by atoms with Crippen LogP contribution in [0.4, 0.5) is 5.69 Å². The predicted octanol–water partition coefficient (Wildman–Crippen LogP) is 4.56. The molecular formula is C20H17NO. The zero-order valence-corrected chi connectivity index (χ0v) is 12.3. The third-order valence-electron chi connectivity index (χ3n) is 3.68. The van der Waals surface area contributed by atoms with Crippen molar-refractivity contribution in [1.82, 2.24) is 0 Å². The molecule has 0 aliphatic carbocycles. The number of carbonyl (C=O) groups excluding carboxylic acids is 1. The van der Waals surface area contributed by atoms with Crippen molar-refractivity contribution < 1.29 is 4.79 Å². The maximum absolute atomic E-state index is 12.4. The third-order valence-corrected chi connectivity index (χ3v) is 3.68. The lowest BCUT2D eigenvalue weighted by Gasteiger charge is -2.23. The van der Waals surface area contributed by atoms with Crippen molar-refractivity contribution in [2.75, 3.05) is 4.90 Å². The Hall–Kier alpha value is -2.87. The van der Waals surface area contributed by atoms with Gasteiger partial charge in [-0.05, 0) is 23.1 Å². The van der Waals surface area contributed by atoms with Crippen LogP contribution in [-0.2, 0) is 11.3 Å². The Kier molecular flexibility index (Phi) is 4.01. The quantitative estimate of drug-likeness (QED) is 0.644. The van der Waals surface area contributed by atoms with Gasteiger partial charge in [-0.2, -0.15) is 0 Å². The Morgan fingerprint density at radius 3 is 2.36 bits per heavy atom. The molecule has 108 valence electrons. The van der Waals surface area contributed by atoms with Gasteiger partial charge in [0.25, 0.3) is 5.91 Å². The van der Waals surface area contributed by atoms with E-state index in [1.165, 1.54) is 6.08 Å². The van der Waals surface area contributed by atoms with Crippen LogP contribution in [0.2, 0.25) is 0 Å². The Morgan fingerprint density at radius 1 is 0.909 bits per heavy atom. The smallest absolute Gasteiger partial charge is 0.250 e. The molecule has 0 unspecified atom stereocenters. The van der Waals surface area contributed by atoms with E-state index in [-0.39, 0.29) is 5.91 Å². The lowest BCUT2D eigenvalue weighted by Crippen LogP contribution is -2.28. The maximum Gasteiger partial charge on any atom is 0.250 e. The summed E-state index contributed by atoms with van der Waals surface area (Å²) in [4.78, 5) is 14.1. The summed E-state index contributed by atoms with van der Waals surface area (Å²) < 4.78 is 0. The molecule has 0 bridgehead atoms. The number of benzene rings is 3. The number of carbonyl (C=O) groups is 1. The fourth-order valence-corrected chi connectivity index (χ4v) is 2.60. The van der Waals surface area contributed by atoms with Gasteiger partial charge in [0.15, 0.2) is 0 Å². The fourth-order valence-electron chi connectivity index (χ4n) is 2.60. The molecule has 0 N–H and O–H groups in total. The molecular weight excluding hydrogens is 270 g/mol. The molecule has 0 aliphatic rings. The number of anilines is 1. The normalized spacial score (nSPS) is 10.4. The lowest BCUT2D eigenvalue weighted by molar-refractivity contribution is -0.114. The van der Waals surface area contributed by atoms with Gasteiger partial charge in [-0.25, -0.2) is 0 Å². The van der Waals surface area contributed by atoms with Crippen LogP contribution in [0.25, 0.3) is 10.8 Å². The Bertz CT molecular complexity index is 803. The zero-order valence-electron chi connectivity index (χ0n) is 12.3. The van der Waals surface area contributed by atoms with Gasteiger partial charge in [0.05, 0.1) is 12.2 Å². The molecule has 0 aliphatic heterocycles. The monoisotopic (exact) mass is 287 g/mol.